The van der Waals surface area contributed by atoms with Crippen molar-refractivity contribution in [1.29, 1.82) is 0 Å². The van der Waals surface area contributed by atoms with Gasteiger partial charge in [0.25, 0.3) is 0 Å². The Kier molecular flexibility index (Phi) is 3.59. The SMILES string of the molecule is C=C(C)c1cnc2cc(CN)c(-c3ccc(C)cc3C)cn12. The summed E-state index contributed by atoms with van der Waals surface area (Å²) in [5.74, 6) is 0. The van der Waals surface area contributed by atoms with E-state index in [0.29, 0.717) is 6.54 Å². The summed E-state index contributed by atoms with van der Waals surface area (Å²) >= 11 is 0. The number of pyridine rings is 1. The summed E-state index contributed by atoms with van der Waals surface area (Å²) < 4.78 is 2.09. The lowest BCUT2D eigenvalue weighted by atomic mass is 9.96. The molecule has 0 aliphatic rings. The molecule has 0 atom stereocenters. The molecule has 0 saturated heterocycles. The maximum absolute atomic E-state index is 5.97. The first kappa shape index (κ1) is 14.5. The highest BCUT2D eigenvalue weighted by atomic mass is 15.0. The van der Waals surface area contributed by atoms with Gasteiger partial charge in [0.2, 0.25) is 0 Å². The third kappa shape index (κ3) is 2.34. The predicted octanol–water partition coefficient (Wildman–Crippen LogP) is 4.11. The van der Waals surface area contributed by atoms with Gasteiger partial charge < -0.3 is 5.73 Å². The molecule has 0 unspecified atom stereocenters. The van der Waals surface area contributed by atoms with Gasteiger partial charge in [0.15, 0.2) is 0 Å². The zero-order valence-electron chi connectivity index (χ0n) is 13.4. The van der Waals surface area contributed by atoms with E-state index in [1.165, 1.54) is 16.7 Å². The molecule has 2 aromatic heterocycles. The molecular weight excluding hydrogens is 270 g/mol. The first-order chi connectivity index (χ1) is 10.5. The van der Waals surface area contributed by atoms with E-state index < -0.39 is 0 Å². The van der Waals surface area contributed by atoms with Crippen molar-refractivity contribution in [2.45, 2.75) is 27.3 Å². The summed E-state index contributed by atoms with van der Waals surface area (Å²) in [6.45, 7) is 10.8. The minimum absolute atomic E-state index is 0.494. The second-order valence-corrected chi connectivity index (χ2v) is 5.89. The smallest absolute Gasteiger partial charge is 0.137 e. The molecule has 3 heteroatoms. The third-order valence-corrected chi connectivity index (χ3v) is 4.06. The number of hydrogen-bond donors (Lipinski definition) is 1. The Morgan fingerprint density at radius 2 is 2.00 bits per heavy atom. The van der Waals surface area contributed by atoms with Crippen LogP contribution in [0.1, 0.15) is 29.3 Å². The van der Waals surface area contributed by atoms with Gasteiger partial charge in [-0.3, -0.25) is 4.40 Å². The largest absolute Gasteiger partial charge is 0.326 e. The Hall–Kier alpha value is -2.39. The van der Waals surface area contributed by atoms with Gasteiger partial charge >= 0.3 is 0 Å². The van der Waals surface area contributed by atoms with Gasteiger partial charge in [-0.15, -0.1) is 0 Å². The number of allylic oxidation sites excluding steroid dienone is 1. The average molecular weight is 291 g/mol. The van der Waals surface area contributed by atoms with Crippen molar-refractivity contribution in [2.24, 2.45) is 5.73 Å². The molecule has 0 spiro atoms. The highest BCUT2D eigenvalue weighted by molar-refractivity contribution is 5.73. The fraction of sp³-hybridized carbons (Fsp3) is 0.211. The van der Waals surface area contributed by atoms with Crippen molar-refractivity contribution < 1.29 is 0 Å². The van der Waals surface area contributed by atoms with Crippen LogP contribution in [0.2, 0.25) is 0 Å². The van der Waals surface area contributed by atoms with Crippen molar-refractivity contribution in [3.63, 3.8) is 0 Å². The molecule has 0 saturated carbocycles. The molecule has 2 N–H and O–H groups in total. The van der Waals surface area contributed by atoms with Crippen LogP contribution in [0.4, 0.5) is 0 Å². The highest BCUT2D eigenvalue weighted by Gasteiger charge is 2.12. The number of nitrogens with two attached hydrogens (primary N) is 1. The van der Waals surface area contributed by atoms with Crippen LogP contribution in [0.3, 0.4) is 0 Å². The van der Waals surface area contributed by atoms with E-state index in [4.69, 9.17) is 5.73 Å². The van der Waals surface area contributed by atoms with Gasteiger partial charge in [-0.2, -0.15) is 0 Å². The van der Waals surface area contributed by atoms with Gasteiger partial charge in [0, 0.05) is 18.3 Å². The van der Waals surface area contributed by atoms with E-state index in [1.54, 1.807) is 0 Å². The van der Waals surface area contributed by atoms with Gasteiger partial charge in [-0.25, -0.2) is 4.98 Å². The number of aryl methyl sites for hydroxylation is 2. The van der Waals surface area contributed by atoms with E-state index in [9.17, 15) is 0 Å². The summed E-state index contributed by atoms with van der Waals surface area (Å²) in [6.07, 6.45) is 4.00. The predicted molar refractivity (Wildman–Crippen MR) is 92.7 cm³/mol. The fourth-order valence-corrected chi connectivity index (χ4v) is 2.91. The number of nitrogens with zero attached hydrogens (tertiary/aromatic N) is 2. The van der Waals surface area contributed by atoms with Crippen LogP contribution >= 0.6 is 0 Å². The molecule has 3 rings (SSSR count). The lowest BCUT2D eigenvalue weighted by Gasteiger charge is -2.13. The minimum atomic E-state index is 0.494. The molecule has 3 nitrogen and oxygen atoms in total. The molecule has 1 aromatic carbocycles. The van der Waals surface area contributed by atoms with Crippen molar-refractivity contribution >= 4 is 11.2 Å². The molecule has 0 bridgehead atoms. The van der Waals surface area contributed by atoms with Crippen molar-refractivity contribution in [3.05, 3.63) is 65.6 Å². The molecule has 3 aromatic rings. The third-order valence-electron chi connectivity index (χ3n) is 4.06. The van der Waals surface area contributed by atoms with Gasteiger partial charge in [-0.1, -0.05) is 30.3 Å². The number of hydrogen-bond acceptors (Lipinski definition) is 2. The van der Waals surface area contributed by atoms with Crippen molar-refractivity contribution in [3.8, 4) is 11.1 Å². The number of imidazole rings is 1. The number of rotatable bonds is 3. The summed E-state index contributed by atoms with van der Waals surface area (Å²) in [4.78, 5) is 4.47. The molecule has 112 valence electrons. The first-order valence-corrected chi connectivity index (χ1v) is 7.45. The van der Waals surface area contributed by atoms with E-state index in [0.717, 1.165) is 28.0 Å². The summed E-state index contributed by atoms with van der Waals surface area (Å²) in [5.41, 5.74) is 14.9. The lowest BCUT2D eigenvalue weighted by Crippen LogP contribution is -2.03. The number of aromatic nitrogens is 2. The van der Waals surface area contributed by atoms with Crippen molar-refractivity contribution in [1.82, 2.24) is 9.38 Å². The Bertz CT molecular complexity index is 872. The Morgan fingerprint density at radius 3 is 2.64 bits per heavy atom. The summed E-state index contributed by atoms with van der Waals surface area (Å²) in [5, 5.41) is 0. The Morgan fingerprint density at radius 1 is 1.23 bits per heavy atom. The van der Waals surface area contributed by atoms with Crippen LogP contribution in [0, 0.1) is 13.8 Å². The zero-order valence-corrected chi connectivity index (χ0v) is 13.4. The van der Waals surface area contributed by atoms with E-state index in [1.807, 2.05) is 13.1 Å². The molecule has 0 radical (unpaired) electrons. The van der Waals surface area contributed by atoms with Crippen molar-refractivity contribution in [2.75, 3.05) is 0 Å². The normalized spacial score (nSPS) is 11.1. The summed E-state index contributed by atoms with van der Waals surface area (Å²) in [6, 6.07) is 8.58. The first-order valence-electron chi connectivity index (χ1n) is 7.45. The highest BCUT2D eigenvalue weighted by Crippen LogP contribution is 2.29. The molecule has 22 heavy (non-hydrogen) atoms. The second kappa shape index (κ2) is 5.43. The summed E-state index contributed by atoms with van der Waals surface area (Å²) in [7, 11) is 0. The zero-order chi connectivity index (χ0) is 15.9. The molecule has 0 fully saturated rings. The van der Waals surface area contributed by atoms with Gasteiger partial charge in [-0.05, 0) is 49.1 Å². The number of benzene rings is 1. The maximum Gasteiger partial charge on any atom is 0.137 e. The topological polar surface area (TPSA) is 43.3 Å². The van der Waals surface area contributed by atoms with Crippen LogP contribution in [0.15, 0.2) is 43.2 Å². The second-order valence-electron chi connectivity index (χ2n) is 5.89. The molecule has 0 amide bonds. The lowest BCUT2D eigenvalue weighted by molar-refractivity contribution is 1.05. The van der Waals surface area contributed by atoms with Crippen LogP contribution in [0.5, 0.6) is 0 Å². The Labute approximate surface area is 131 Å². The van der Waals surface area contributed by atoms with Crippen LogP contribution < -0.4 is 5.73 Å². The average Bonchev–Trinajstić information content (AvgIpc) is 2.89. The monoisotopic (exact) mass is 291 g/mol. The molecule has 0 aliphatic carbocycles. The number of fused-ring (bicyclic) bond motifs is 1. The van der Waals surface area contributed by atoms with Crippen LogP contribution in [0.25, 0.3) is 22.3 Å². The van der Waals surface area contributed by atoms with Gasteiger partial charge in [0.1, 0.15) is 5.65 Å². The van der Waals surface area contributed by atoms with Gasteiger partial charge in [0.05, 0.1) is 11.9 Å². The van der Waals surface area contributed by atoms with Crippen LogP contribution in [-0.4, -0.2) is 9.38 Å². The quantitative estimate of drug-likeness (QED) is 0.789. The van der Waals surface area contributed by atoms with E-state index >= 15 is 0 Å². The molecular formula is C19H21N3. The molecule has 0 aliphatic heterocycles. The van der Waals surface area contributed by atoms with E-state index in [2.05, 4.69) is 60.3 Å². The van der Waals surface area contributed by atoms with E-state index in [-0.39, 0.29) is 0 Å². The minimum Gasteiger partial charge on any atom is -0.326 e. The standard InChI is InChI=1S/C19H21N3/c1-12(2)18-10-21-19-8-15(9-20)17(11-22(18)19)16-6-5-13(3)7-14(16)4/h5-8,10-11H,1,9,20H2,2-4H3. The maximum atomic E-state index is 5.97. The van der Waals surface area contributed by atoms with Crippen LogP contribution in [-0.2, 0) is 6.54 Å². The fourth-order valence-electron chi connectivity index (χ4n) is 2.91. The Balaban J connectivity index is 2.31. The molecule has 2 heterocycles.